The van der Waals surface area contributed by atoms with Gasteiger partial charge in [-0.05, 0) is 80.2 Å². The number of carbonyl (C=O) groups excluding carboxylic acids is 1. The van der Waals surface area contributed by atoms with E-state index >= 15 is 0 Å². The van der Waals surface area contributed by atoms with Gasteiger partial charge in [-0.3, -0.25) is 4.79 Å². The van der Waals surface area contributed by atoms with Gasteiger partial charge in [0.25, 0.3) is 5.91 Å². The Labute approximate surface area is 169 Å². The largest absolute Gasteiger partial charge is 0.489 e. The molecule has 0 heterocycles. The number of ether oxygens (including phenoxy) is 1. The van der Waals surface area contributed by atoms with Crippen molar-refractivity contribution in [1.29, 1.82) is 0 Å². The molecule has 1 amide bonds. The molecule has 8 heteroatoms. The topological polar surface area (TPSA) is 72.5 Å². The molecule has 5 fully saturated rings. The van der Waals surface area contributed by atoms with Gasteiger partial charge in [-0.1, -0.05) is 0 Å². The highest BCUT2D eigenvalue weighted by Crippen LogP contribution is 2.58. The van der Waals surface area contributed by atoms with E-state index in [1.54, 1.807) is 0 Å². The molecule has 0 aromatic heterocycles. The van der Waals surface area contributed by atoms with Gasteiger partial charge in [-0.15, -0.1) is 0 Å². The minimum absolute atomic E-state index is 0.122. The van der Waals surface area contributed by atoms with Gasteiger partial charge in [0, 0.05) is 6.07 Å². The van der Waals surface area contributed by atoms with Crippen LogP contribution >= 0.6 is 0 Å². The van der Waals surface area contributed by atoms with Crippen molar-refractivity contribution in [1.82, 2.24) is 4.72 Å². The van der Waals surface area contributed by atoms with Crippen LogP contribution in [0, 0.1) is 23.6 Å². The number of hydrogen-bond donors (Lipinski definition) is 1. The van der Waals surface area contributed by atoms with Gasteiger partial charge in [0.15, 0.2) is 0 Å². The van der Waals surface area contributed by atoms with Crippen molar-refractivity contribution in [3.05, 3.63) is 29.1 Å². The monoisotopic (exact) mass is 425 g/mol. The molecule has 6 rings (SSSR count). The van der Waals surface area contributed by atoms with Crippen LogP contribution in [0.25, 0.3) is 0 Å². The molecular formula is C21H25F2NO4S. The standard InChI is InChI=1S/C21H25F2NO4S/c1-29(26,27)24-20(25)16-6-15(12-2-3-12)18(7-17(16)22)28-19-13-4-11-5-14(19)10-21(23,8-11)9-13/h6-7,11-14,19H,2-5,8-10H2,1H3,(H,24,25). The Kier molecular flexibility index (Phi) is 4.25. The molecule has 2 atom stereocenters. The lowest BCUT2D eigenvalue weighted by molar-refractivity contribution is -0.134. The van der Waals surface area contributed by atoms with Gasteiger partial charge in [0.1, 0.15) is 23.3 Å². The van der Waals surface area contributed by atoms with Gasteiger partial charge in [0.05, 0.1) is 11.8 Å². The van der Waals surface area contributed by atoms with E-state index in [-0.39, 0.29) is 29.4 Å². The van der Waals surface area contributed by atoms with Crippen molar-refractivity contribution in [2.75, 3.05) is 6.26 Å². The second-order valence-electron chi connectivity index (χ2n) is 9.55. The first-order valence-electron chi connectivity index (χ1n) is 10.3. The number of carbonyl (C=O) groups is 1. The summed E-state index contributed by atoms with van der Waals surface area (Å²) >= 11 is 0. The predicted octanol–water partition coefficient (Wildman–Crippen LogP) is 3.69. The second-order valence-corrected chi connectivity index (χ2v) is 11.3. The van der Waals surface area contributed by atoms with Crippen LogP contribution in [-0.2, 0) is 10.0 Å². The zero-order chi connectivity index (χ0) is 20.6. The van der Waals surface area contributed by atoms with Gasteiger partial charge in [-0.2, -0.15) is 0 Å². The van der Waals surface area contributed by atoms with E-state index in [0.29, 0.717) is 30.9 Å². The zero-order valence-corrected chi connectivity index (χ0v) is 17.1. The smallest absolute Gasteiger partial charge is 0.267 e. The summed E-state index contributed by atoms with van der Waals surface area (Å²) in [5, 5.41) is 0. The van der Waals surface area contributed by atoms with Crippen molar-refractivity contribution in [2.24, 2.45) is 17.8 Å². The third-order valence-electron chi connectivity index (χ3n) is 7.01. The summed E-state index contributed by atoms with van der Waals surface area (Å²) in [5.41, 5.74) is -0.611. The van der Waals surface area contributed by atoms with E-state index in [0.717, 1.165) is 37.5 Å². The summed E-state index contributed by atoms with van der Waals surface area (Å²) in [7, 11) is -3.79. The number of benzene rings is 1. The molecule has 0 spiro atoms. The highest BCUT2D eigenvalue weighted by molar-refractivity contribution is 7.89. The van der Waals surface area contributed by atoms with Crippen LogP contribution in [0.1, 0.15) is 66.8 Å². The van der Waals surface area contributed by atoms with Crippen molar-refractivity contribution in [3.63, 3.8) is 0 Å². The lowest BCUT2D eigenvalue weighted by atomic mass is 9.53. The van der Waals surface area contributed by atoms with E-state index in [9.17, 15) is 22.0 Å². The van der Waals surface area contributed by atoms with E-state index in [4.69, 9.17) is 4.74 Å². The Morgan fingerprint density at radius 3 is 2.38 bits per heavy atom. The van der Waals surface area contributed by atoms with Crippen LogP contribution in [0.2, 0.25) is 0 Å². The van der Waals surface area contributed by atoms with Crippen LogP contribution < -0.4 is 9.46 Å². The minimum Gasteiger partial charge on any atom is -0.489 e. The molecule has 5 aliphatic rings. The molecule has 1 aromatic rings. The number of nitrogens with one attached hydrogen (secondary N) is 1. The second kappa shape index (κ2) is 6.40. The lowest BCUT2D eigenvalue weighted by Crippen LogP contribution is -2.56. The highest BCUT2D eigenvalue weighted by atomic mass is 32.2. The molecule has 1 N–H and O–H groups in total. The Bertz CT molecular complexity index is 959. The van der Waals surface area contributed by atoms with Gasteiger partial charge in [-0.25, -0.2) is 21.9 Å². The summed E-state index contributed by atoms with van der Waals surface area (Å²) < 4.78 is 60.5. The number of halogens is 2. The van der Waals surface area contributed by atoms with Crippen molar-refractivity contribution >= 4 is 15.9 Å². The number of amides is 1. The fraction of sp³-hybridized carbons (Fsp3) is 0.667. The molecule has 0 radical (unpaired) electrons. The van der Waals surface area contributed by atoms with E-state index in [2.05, 4.69) is 0 Å². The predicted molar refractivity (Wildman–Crippen MR) is 102 cm³/mol. The average Bonchev–Trinajstić information content (AvgIpc) is 3.40. The molecule has 2 unspecified atom stereocenters. The summed E-state index contributed by atoms with van der Waals surface area (Å²) in [5.74, 6) is -0.460. The summed E-state index contributed by atoms with van der Waals surface area (Å²) in [4.78, 5) is 12.2. The van der Waals surface area contributed by atoms with Crippen LogP contribution in [0.5, 0.6) is 5.75 Å². The third-order valence-corrected chi connectivity index (χ3v) is 7.57. The van der Waals surface area contributed by atoms with Gasteiger partial charge in [0.2, 0.25) is 10.0 Å². The molecule has 5 nitrogen and oxygen atoms in total. The number of rotatable bonds is 5. The Hall–Kier alpha value is -1.70. The maximum atomic E-state index is 14.9. The van der Waals surface area contributed by atoms with Crippen LogP contribution in [-0.4, -0.2) is 32.4 Å². The molecule has 5 saturated carbocycles. The first-order chi connectivity index (χ1) is 13.6. The van der Waals surface area contributed by atoms with Crippen molar-refractivity contribution in [3.8, 4) is 5.75 Å². The fourth-order valence-corrected chi connectivity index (χ4v) is 6.45. The Morgan fingerprint density at radius 1 is 1.17 bits per heavy atom. The first kappa shape index (κ1) is 19.3. The number of alkyl halides is 1. The normalized spacial score (nSPS) is 35.6. The Balaban J connectivity index is 1.44. The van der Waals surface area contributed by atoms with Crippen LogP contribution in [0.15, 0.2) is 12.1 Å². The fourth-order valence-electron chi connectivity index (χ4n) is 6.00. The molecular weight excluding hydrogens is 400 g/mol. The SMILES string of the molecule is CS(=O)(=O)NC(=O)c1cc(C2CC2)c(OC2C3CC4CC2CC(F)(C4)C3)cc1F. The van der Waals surface area contributed by atoms with Gasteiger partial charge < -0.3 is 4.74 Å². The Morgan fingerprint density at radius 2 is 1.83 bits per heavy atom. The minimum atomic E-state index is -3.79. The summed E-state index contributed by atoms with van der Waals surface area (Å²) in [6.07, 6.45) is 6.19. The summed E-state index contributed by atoms with van der Waals surface area (Å²) in [6.45, 7) is 0. The first-order valence-corrected chi connectivity index (χ1v) is 12.2. The average molecular weight is 425 g/mol. The molecule has 158 valence electrons. The van der Waals surface area contributed by atoms with Crippen LogP contribution in [0.4, 0.5) is 8.78 Å². The molecule has 29 heavy (non-hydrogen) atoms. The maximum Gasteiger partial charge on any atom is 0.267 e. The zero-order valence-electron chi connectivity index (χ0n) is 16.3. The van der Waals surface area contributed by atoms with Crippen LogP contribution in [0.3, 0.4) is 0 Å². The van der Waals surface area contributed by atoms with Crippen molar-refractivity contribution in [2.45, 2.75) is 62.6 Å². The third kappa shape index (κ3) is 3.64. The molecule has 0 aliphatic heterocycles. The van der Waals surface area contributed by atoms with E-state index < -0.39 is 27.4 Å². The van der Waals surface area contributed by atoms with E-state index in [1.165, 1.54) is 12.1 Å². The summed E-state index contributed by atoms with van der Waals surface area (Å²) in [6, 6.07) is 2.64. The molecule has 0 saturated heterocycles. The maximum absolute atomic E-state index is 14.9. The quantitative estimate of drug-likeness (QED) is 0.781. The number of sulfonamides is 1. The lowest BCUT2D eigenvalue weighted by Gasteiger charge is -2.56. The number of hydrogen-bond acceptors (Lipinski definition) is 4. The van der Waals surface area contributed by atoms with Gasteiger partial charge >= 0.3 is 0 Å². The van der Waals surface area contributed by atoms with E-state index in [1.807, 2.05) is 4.72 Å². The van der Waals surface area contributed by atoms with Crippen molar-refractivity contribution < 1.29 is 26.7 Å². The molecule has 1 aromatic carbocycles. The molecule has 5 aliphatic carbocycles. The molecule has 4 bridgehead atoms. The highest BCUT2D eigenvalue weighted by Gasteiger charge is 2.57.